The second-order valence-electron chi connectivity index (χ2n) is 11.9. The average molecular weight is 708 g/mol. The fourth-order valence-electron chi connectivity index (χ4n) is 6.43. The lowest BCUT2D eigenvalue weighted by Gasteiger charge is -2.32. The second kappa shape index (κ2) is 16.6. The molecule has 4 fully saturated rings. The van der Waals surface area contributed by atoms with Crippen LogP contribution in [0.5, 0.6) is 11.5 Å². The van der Waals surface area contributed by atoms with Gasteiger partial charge >= 0.3 is 5.97 Å². The maximum atomic E-state index is 12.2. The highest BCUT2D eigenvalue weighted by atomic mass is 32.2. The highest BCUT2D eigenvalue weighted by molar-refractivity contribution is 8.19. The lowest BCUT2D eigenvalue weighted by Crippen LogP contribution is -2.41. The maximum Gasteiger partial charge on any atom is 0.323 e. The van der Waals surface area contributed by atoms with E-state index in [2.05, 4.69) is 21.9 Å². The highest BCUT2D eigenvalue weighted by Crippen LogP contribution is 2.51. The van der Waals surface area contributed by atoms with Crippen molar-refractivity contribution in [2.45, 2.75) is 59.0 Å². The van der Waals surface area contributed by atoms with E-state index in [1.54, 1.807) is 14.2 Å². The van der Waals surface area contributed by atoms with E-state index in [4.69, 9.17) is 19.4 Å². The van der Waals surface area contributed by atoms with E-state index in [1.165, 1.54) is 37.0 Å². The minimum absolute atomic E-state index is 0.0852. The predicted octanol–water partition coefficient (Wildman–Crippen LogP) is 5.35. The van der Waals surface area contributed by atoms with Gasteiger partial charge in [-0.1, -0.05) is 24.3 Å². The Morgan fingerprint density at radius 1 is 0.739 bits per heavy atom. The molecule has 4 saturated heterocycles. The van der Waals surface area contributed by atoms with Crippen molar-refractivity contribution in [1.82, 2.24) is 15.3 Å². The summed E-state index contributed by atoms with van der Waals surface area (Å²) in [4.78, 5) is 28.8. The first-order chi connectivity index (χ1) is 22.3. The number of carbonyl (C=O) groups is 2. The zero-order chi connectivity index (χ0) is 32.6. The molecular formula is C33H45N3O6S4. The quantitative estimate of drug-likeness (QED) is 0.210. The molecule has 252 valence electrons. The SMILES string of the molecule is COC(=O)[C@H]1CC2(CN1Cc1ccc(OC)cc1)SCCCS2.COc1ccc(CN2CC3(C[C@@H]2C(=O)NO)SCCCS3)cc1. The zero-order valence-corrected chi connectivity index (χ0v) is 30.0. The summed E-state index contributed by atoms with van der Waals surface area (Å²) in [5.41, 5.74) is 4.18. The molecule has 0 bridgehead atoms. The van der Waals surface area contributed by atoms with Crippen molar-refractivity contribution >= 4 is 58.9 Å². The Hall–Kier alpha value is -1.74. The molecule has 1 amide bonds. The number of hydrogen-bond acceptors (Lipinski definition) is 12. The number of nitrogens with one attached hydrogen (secondary N) is 1. The van der Waals surface area contributed by atoms with Crippen molar-refractivity contribution < 1.29 is 29.0 Å². The number of methoxy groups -OCH3 is 3. The molecule has 0 unspecified atom stereocenters. The van der Waals surface area contributed by atoms with E-state index >= 15 is 0 Å². The monoisotopic (exact) mass is 707 g/mol. The molecular weight excluding hydrogens is 663 g/mol. The number of hydroxylamine groups is 1. The molecule has 2 aromatic rings. The van der Waals surface area contributed by atoms with Gasteiger partial charge in [0.2, 0.25) is 0 Å². The smallest absolute Gasteiger partial charge is 0.323 e. The summed E-state index contributed by atoms with van der Waals surface area (Å²) >= 11 is 7.97. The van der Waals surface area contributed by atoms with Crippen LogP contribution in [0, 0.1) is 0 Å². The lowest BCUT2D eigenvalue weighted by atomic mass is 10.1. The third-order valence-electron chi connectivity index (χ3n) is 8.79. The van der Waals surface area contributed by atoms with E-state index in [9.17, 15) is 9.59 Å². The predicted molar refractivity (Wildman–Crippen MR) is 190 cm³/mol. The van der Waals surface area contributed by atoms with Crippen LogP contribution in [0.4, 0.5) is 0 Å². The maximum absolute atomic E-state index is 12.2. The van der Waals surface area contributed by atoms with Gasteiger partial charge in [-0.15, -0.1) is 47.0 Å². The van der Waals surface area contributed by atoms with Crippen LogP contribution in [0.2, 0.25) is 0 Å². The Morgan fingerprint density at radius 2 is 1.15 bits per heavy atom. The van der Waals surface area contributed by atoms with Gasteiger partial charge in [0, 0.05) is 26.2 Å². The number of nitrogens with zero attached hydrogens (tertiary/aromatic N) is 2. The summed E-state index contributed by atoms with van der Waals surface area (Å²) in [5.74, 6) is 5.95. The Bertz CT molecular complexity index is 1190. The first-order valence-electron chi connectivity index (χ1n) is 15.6. The van der Waals surface area contributed by atoms with Crippen molar-refractivity contribution in [3.05, 3.63) is 59.7 Å². The topological polar surface area (TPSA) is 101 Å². The van der Waals surface area contributed by atoms with Crippen molar-refractivity contribution in [2.75, 3.05) is 57.4 Å². The number of hydrogen-bond donors (Lipinski definition) is 2. The third-order valence-corrected chi connectivity index (χ3v) is 15.5. The summed E-state index contributed by atoms with van der Waals surface area (Å²) < 4.78 is 15.7. The number of amides is 1. The average Bonchev–Trinajstić information content (AvgIpc) is 3.62. The summed E-state index contributed by atoms with van der Waals surface area (Å²) in [6, 6.07) is 15.6. The third kappa shape index (κ3) is 8.83. The molecule has 2 aromatic carbocycles. The van der Waals surface area contributed by atoms with Crippen LogP contribution in [0.25, 0.3) is 0 Å². The zero-order valence-electron chi connectivity index (χ0n) is 26.8. The molecule has 46 heavy (non-hydrogen) atoms. The summed E-state index contributed by atoms with van der Waals surface area (Å²) in [7, 11) is 4.81. The Labute approximate surface area is 289 Å². The van der Waals surface area contributed by atoms with Crippen LogP contribution >= 0.6 is 47.0 Å². The number of benzene rings is 2. The van der Waals surface area contributed by atoms with E-state index in [-0.39, 0.29) is 32.1 Å². The van der Waals surface area contributed by atoms with Crippen LogP contribution in [0.1, 0.15) is 36.8 Å². The van der Waals surface area contributed by atoms with Crippen LogP contribution in [0.15, 0.2) is 48.5 Å². The fourth-order valence-corrected chi connectivity index (χ4v) is 13.2. The van der Waals surface area contributed by atoms with Gasteiger partial charge in [0.25, 0.3) is 5.91 Å². The molecule has 4 heterocycles. The van der Waals surface area contributed by atoms with Crippen LogP contribution in [0.3, 0.4) is 0 Å². The molecule has 4 aliphatic heterocycles. The molecule has 2 spiro atoms. The van der Waals surface area contributed by atoms with Gasteiger partial charge < -0.3 is 14.2 Å². The Morgan fingerprint density at radius 3 is 1.54 bits per heavy atom. The van der Waals surface area contributed by atoms with Crippen LogP contribution in [-0.4, -0.2) is 105 Å². The lowest BCUT2D eigenvalue weighted by molar-refractivity contribution is -0.146. The molecule has 0 aliphatic carbocycles. The minimum Gasteiger partial charge on any atom is -0.497 e. The van der Waals surface area contributed by atoms with Crippen LogP contribution in [-0.2, 0) is 27.4 Å². The normalized spacial score (nSPS) is 23.8. The number of ether oxygens (including phenoxy) is 3. The summed E-state index contributed by atoms with van der Waals surface area (Å²) in [6.45, 7) is 3.28. The standard InChI is InChI=1S/C17H23NO3S2.C16H22N2O3S2/c1-20-14-6-4-13(5-7-14)11-18-12-17(22-8-3-9-23-17)10-15(18)16(19)21-2;1-21-13-5-3-12(4-6-13)10-18-11-16(22-7-2-8-23-16)9-14(18)15(19)17-20/h4-7,15H,3,8-12H2,1-2H3;3-6,14,20H,2,7-11H2,1H3,(H,17,19)/t15-;14-/m11/s1. The molecule has 6 rings (SSSR count). The second-order valence-corrected chi connectivity index (χ2v) is 18.3. The molecule has 13 heteroatoms. The Balaban J connectivity index is 0.000000181. The molecule has 0 aromatic heterocycles. The van der Waals surface area contributed by atoms with Crippen molar-refractivity contribution in [2.24, 2.45) is 0 Å². The van der Waals surface area contributed by atoms with Crippen molar-refractivity contribution in [3.63, 3.8) is 0 Å². The van der Waals surface area contributed by atoms with Gasteiger partial charge in [-0.3, -0.25) is 24.6 Å². The van der Waals surface area contributed by atoms with Crippen molar-refractivity contribution in [3.8, 4) is 11.5 Å². The minimum atomic E-state index is -0.304. The molecule has 0 radical (unpaired) electrons. The highest BCUT2D eigenvalue weighted by Gasteiger charge is 2.49. The number of esters is 1. The largest absolute Gasteiger partial charge is 0.497 e. The number of rotatable bonds is 8. The van der Waals surface area contributed by atoms with E-state index in [0.717, 1.165) is 61.0 Å². The van der Waals surface area contributed by atoms with Gasteiger partial charge in [0.05, 0.1) is 35.5 Å². The summed E-state index contributed by atoms with van der Waals surface area (Å²) in [5, 5.41) is 9.08. The Kier molecular flexibility index (Phi) is 12.8. The van der Waals surface area contributed by atoms with Gasteiger partial charge in [-0.2, -0.15) is 0 Å². The van der Waals surface area contributed by atoms with E-state index in [0.29, 0.717) is 6.54 Å². The molecule has 2 N–H and O–H groups in total. The van der Waals surface area contributed by atoms with Crippen molar-refractivity contribution in [1.29, 1.82) is 0 Å². The van der Waals surface area contributed by atoms with E-state index < -0.39 is 0 Å². The number of thioether (sulfide) groups is 4. The first kappa shape index (κ1) is 35.6. The molecule has 4 aliphatic rings. The summed E-state index contributed by atoms with van der Waals surface area (Å²) in [6.07, 6.45) is 4.15. The fraction of sp³-hybridized carbons (Fsp3) is 0.576. The van der Waals surface area contributed by atoms with Gasteiger partial charge in [0.15, 0.2) is 0 Å². The van der Waals surface area contributed by atoms with Gasteiger partial charge in [0.1, 0.15) is 17.5 Å². The molecule has 0 saturated carbocycles. The first-order valence-corrected chi connectivity index (χ1v) is 19.6. The number of carbonyl (C=O) groups excluding carboxylic acids is 2. The van der Waals surface area contributed by atoms with Crippen LogP contribution < -0.4 is 15.0 Å². The van der Waals surface area contributed by atoms with Gasteiger partial charge in [-0.05, 0) is 84.1 Å². The van der Waals surface area contributed by atoms with Gasteiger partial charge in [-0.25, -0.2) is 5.48 Å². The molecule has 2 atom stereocenters. The number of likely N-dealkylation sites (tertiary alicyclic amines) is 2. The molecule has 9 nitrogen and oxygen atoms in total. The van der Waals surface area contributed by atoms with E-state index in [1.807, 2.05) is 88.9 Å².